The lowest BCUT2D eigenvalue weighted by molar-refractivity contribution is 0.368. The number of nitrogens with zero attached hydrogens (tertiary/aromatic N) is 3. The molecule has 1 rings (SSSR count). The minimum atomic E-state index is 0.695. The van der Waals surface area contributed by atoms with E-state index in [4.69, 9.17) is 11.6 Å². The highest BCUT2D eigenvalue weighted by Crippen LogP contribution is 2.14. The topological polar surface area (TPSA) is 30.7 Å². The molecular formula is C13H24ClN3. The summed E-state index contributed by atoms with van der Waals surface area (Å²) in [5.41, 5.74) is 1.07. The summed E-state index contributed by atoms with van der Waals surface area (Å²) in [6.45, 7) is 5.50. The highest BCUT2D eigenvalue weighted by atomic mass is 35.5. The van der Waals surface area contributed by atoms with Crippen LogP contribution in [0.1, 0.15) is 51.6 Å². The van der Waals surface area contributed by atoms with Crippen LogP contribution in [0.5, 0.6) is 0 Å². The first-order valence-electron chi connectivity index (χ1n) is 6.75. The Morgan fingerprint density at radius 2 is 2.18 bits per heavy atom. The van der Waals surface area contributed by atoms with Crippen molar-refractivity contribution in [3.05, 3.63) is 11.9 Å². The van der Waals surface area contributed by atoms with Crippen molar-refractivity contribution >= 4 is 11.6 Å². The van der Waals surface area contributed by atoms with Gasteiger partial charge < -0.3 is 0 Å². The minimum Gasteiger partial charge on any atom is -0.252 e. The third-order valence-corrected chi connectivity index (χ3v) is 3.41. The summed E-state index contributed by atoms with van der Waals surface area (Å²) in [5.74, 6) is 1.43. The Bertz CT molecular complexity index is 299. The smallest absolute Gasteiger partial charge is 0.0827 e. The number of halogens is 1. The Morgan fingerprint density at radius 3 is 2.82 bits per heavy atom. The van der Waals surface area contributed by atoms with Gasteiger partial charge in [0.1, 0.15) is 0 Å². The molecule has 3 nitrogen and oxygen atoms in total. The quantitative estimate of drug-likeness (QED) is 0.632. The van der Waals surface area contributed by atoms with E-state index in [1.54, 1.807) is 0 Å². The highest BCUT2D eigenvalue weighted by molar-refractivity contribution is 6.17. The molecule has 0 aliphatic heterocycles. The summed E-state index contributed by atoms with van der Waals surface area (Å²) in [6, 6.07) is 0. The van der Waals surface area contributed by atoms with E-state index in [9.17, 15) is 0 Å². The molecule has 0 saturated carbocycles. The van der Waals surface area contributed by atoms with Gasteiger partial charge in [-0.15, -0.1) is 16.7 Å². The van der Waals surface area contributed by atoms with Gasteiger partial charge in [-0.1, -0.05) is 38.3 Å². The first-order chi connectivity index (χ1) is 8.30. The van der Waals surface area contributed by atoms with E-state index in [0.717, 1.165) is 31.0 Å². The molecule has 98 valence electrons. The van der Waals surface area contributed by atoms with Crippen LogP contribution in [0, 0.1) is 5.92 Å². The van der Waals surface area contributed by atoms with Crippen LogP contribution in [0.2, 0.25) is 0 Å². The molecule has 1 unspecified atom stereocenters. The Balaban J connectivity index is 2.40. The molecule has 0 N–H and O–H groups in total. The van der Waals surface area contributed by atoms with E-state index in [1.807, 2.05) is 4.68 Å². The van der Waals surface area contributed by atoms with E-state index in [-0.39, 0.29) is 0 Å². The van der Waals surface area contributed by atoms with Gasteiger partial charge in [-0.2, -0.15) is 0 Å². The maximum Gasteiger partial charge on any atom is 0.0827 e. The van der Waals surface area contributed by atoms with Gasteiger partial charge in [0, 0.05) is 18.6 Å². The molecule has 0 aliphatic rings. The van der Waals surface area contributed by atoms with Crippen LogP contribution in [0.25, 0.3) is 0 Å². The zero-order chi connectivity index (χ0) is 12.5. The number of alkyl halides is 1. The largest absolute Gasteiger partial charge is 0.252 e. The first kappa shape index (κ1) is 14.5. The highest BCUT2D eigenvalue weighted by Gasteiger charge is 2.08. The van der Waals surface area contributed by atoms with Crippen molar-refractivity contribution in [2.24, 2.45) is 5.92 Å². The Hall–Kier alpha value is -0.570. The molecule has 1 aromatic heterocycles. The fraction of sp³-hybridized carbons (Fsp3) is 0.846. The molecule has 1 aromatic rings. The maximum atomic E-state index is 5.67. The van der Waals surface area contributed by atoms with Crippen molar-refractivity contribution in [3.63, 3.8) is 0 Å². The standard InChI is InChI=1S/C13H24ClN3/c1-3-5-7-12(4-2)10-17-11-13(15-16-17)8-6-9-14/h11-12H,3-10H2,1-2H3. The molecule has 0 fully saturated rings. The first-order valence-corrected chi connectivity index (χ1v) is 7.28. The Morgan fingerprint density at radius 1 is 1.35 bits per heavy atom. The molecule has 0 bridgehead atoms. The molecule has 1 heterocycles. The molecule has 17 heavy (non-hydrogen) atoms. The van der Waals surface area contributed by atoms with Gasteiger partial charge in [0.15, 0.2) is 0 Å². The lowest BCUT2D eigenvalue weighted by Gasteiger charge is -2.13. The van der Waals surface area contributed by atoms with Crippen LogP contribution in [0.3, 0.4) is 0 Å². The van der Waals surface area contributed by atoms with Crippen LogP contribution in [-0.2, 0) is 13.0 Å². The molecule has 0 amide bonds. The van der Waals surface area contributed by atoms with Gasteiger partial charge in [0.05, 0.1) is 5.69 Å². The average Bonchev–Trinajstić information content (AvgIpc) is 2.79. The zero-order valence-corrected chi connectivity index (χ0v) is 11.8. The lowest BCUT2D eigenvalue weighted by atomic mass is 9.99. The average molecular weight is 258 g/mol. The maximum absolute atomic E-state index is 5.67. The predicted octanol–water partition coefficient (Wildman–Crippen LogP) is 3.67. The molecule has 0 spiro atoms. The fourth-order valence-corrected chi connectivity index (χ4v) is 2.11. The van der Waals surface area contributed by atoms with Gasteiger partial charge in [-0.05, 0) is 25.2 Å². The van der Waals surface area contributed by atoms with E-state index in [0.29, 0.717) is 5.88 Å². The summed E-state index contributed by atoms with van der Waals surface area (Å²) in [6.07, 6.45) is 9.09. The van der Waals surface area contributed by atoms with Gasteiger partial charge in [-0.25, -0.2) is 0 Å². The molecule has 0 saturated heterocycles. The number of aryl methyl sites for hydroxylation is 1. The van der Waals surface area contributed by atoms with Crippen molar-refractivity contribution < 1.29 is 0 Å². The number of hydrogen-bond acceptors (Lipinski definition) is 2. The van der Waals surface area contributed by atoms with E-state index >= 15 is 0 Å². The predicted molar refractivity (Wildman–Crippen MR) is 72.4 cm³/mol. The second-order valence-corrected chi connectivity index (χ2v) is 5.02. The summed E-state index contributed by atoms with van der Waals surface area (Å²) in [5, 5.41) is 8.36. The van der Waals surface area contributed by atoms with Crippen molar-refractivity contribution in [3.8, 4) is 0 Å². The third kappa shape index (κ3) is 5.53. The van der Waals surface area contributed by atoms with Crippen LogP contribution in [0.15, 0.2) is 6.20 Å². The summed E-state index contributed by atoms with van der Waals surface area (Å²) in [7, 11) is 0. The molecular weight excluding hydrogens is 234 g/mol. The van der Waals surface area contributed by atoms with Gasteiger partial charge in [0.25, 0.3) is 0 Å². The molecule has 0 radical (unpaired) electrons. The monoisotopic (exact) mass is 257 g/mol. The lowest BCUT2D eigenvalue weighted by Crippen LogP contribution is -2.10. The minimum absolute atomic E-state index is 0.695. The van der Waals surface area contributed by atoms with Crippen LogP contribution in [0.4, 0.5) is 0 Å². The second-order valence-electron chi connectivity index (χ2n) is 4.64. The van der Waals surface area contributed by atoms with Crippen molar-refractivity contribution in [2.45, 2.75) is 58.9 Å². The Labute approximate surface area is 110 Å². The van der Waals surface area contributed by atoms with E-state index in [2.05, 4.69) is 30.4 Å². The normalized spacial score (nSPS) is 12.9. The number of hydrogen-bond donors (Lipinski definition) is 0. The number of rotatable bonds is 9. The Kier molecular flexibility index (Phi) is 7.25. The van der Waals surface area contributed by atoms with Gasteiger partial charge in [-0.3, -0.25) is 4.68 Å². The van der Waals surface area contributed by atoms with E-state index in [1.165, 1.54) is 25.7 Å². The summed E-state index contributed by atoms with van der Waals surface area (Å²) in [4.78, 5) is 0. The van der Waals surface area contributed by atoms with Crippen molar-refractivity contribution in [1.29, 1.82) is 0 Å². The molecule has 4 heteroatoms. The summed E-state index contributed by atoms with van der Waals surface area (Å²) < 4.78 is 1.99. The summed E-state index contributed by atoms with van der Waals surface area (Å²) >= 11 is 5.67. The van der Waals surface area contributed by atoms with E-state index < -0.39 is 0 Å². The molecule has 1 atom stereocenters. The van der Waals surface area contributed by atoms with Gasteiger partial charge >= 0.3 is 0 Å². The third-order valence-electron chi connectivity index (χ3n) is 3.14. The number of unbranched alkanes of at least 4 members (excludes halogenated alkanes) is 1. The van der Waals surface area contributed by atoms with Crippen LogP contribution in [-0.4, -0.2) is 20.9 Å². The van der Waals surface area contributed by atoms with Gasteiger partial charge in [0.2, 0.25) is 0 Å². The van der Waals surface area contributed by atoms with Crippen molar-refractivity contribution in [1.82, 2.24) is 15.0 Å². The molecule has 0 aromatic carbocycles. The zero-order valence-electron chi connectivity index (χ0n) is 11.0. The van der Waals surface area contributed by atoms with Crippen LogP contribution < -0.4 is 0 Å². The number of aromatic nitrogens is 3. The SMILES string of the molecule is CCCCC(CC)Cn1cc(CCCCl)nn1. The van der Waals surface area contributed by atoms with Crippen molar-refractivity contribution in [2.75, 3.05) is 5.88 Å². The second kappa shape index (κ2) is 8.51. The van der Waals surface area contributed by atoms with Crippen LogP contribution >= 0.6 is 11.6 Å². The molecule has 0 aliphatic carbocycles. The fourth-order valence-electron chi connectivity index (χ4n) is 1.97.